The molecule has 0 bridgehead atoms. The second-order valence-electron chi connectivity index (χ2n) is 4.82. The van der Waals surface area contributed by atoms with E-state index in [1.807, 2.05) is 0 Å². The van der Waals surface area contributed by atoms with Gasteiger partial charge in [0.05, 0.1) is 0 Å². The third kappa shape index (κ3) is 4.35. The van der Waals surface area contributed by atoms with E-state index in [1.54, 1.807) is 6.92 Å². The normalized spacial score (nSPS) is 17.2. The summed E-state index contributed by atoms with van der Waals surface area (Å²) in [5.74, 6) is -0.493. The van der Waals surface area contributed by atoms with Crippen LogP contribution in [0.25, 0.3) is 0 Å². The predicted octanol–water partition coefficient (Wildman–Crippen LogP) is 2.03. The highest BCUT2D eigenvalue weighted by Gasteiger charge is 2.33. The van der Waals surface area contributed by atoms with E-state index < -0.39 is 18.0 Å². The summed E-state index contributed by atoms with van der Waals surface area (Å²) >= 11 is 0. The van der Waals surface area contributed by atoms with Crippen LogP contribution in [0.1, 0.15) is 46.5 Å². The van der Waals surface area contributed by atoms with Crippen molar-refractivity contribution in [3.8, 4) is 0 Å². The maximum Gasteiger partial charge on any atom is 0.534 e. The van der Waals surface area contributed by atoms with Crippen LogP contribution >= 0.6 is 0 Å². The van der Waals surface area contributed by atoms with E-state index in [0.717, 1.165) is 6.42 Å². The van der Waals surface area contributed by atoms with Crippen molar-refractivity contribution in [3.63, 3.8) is 0 Å². The Kier molecular flexibility index (Phi) is 5.12. The molecule has 1 saturated heterocycles. The zero-order valence-corrected chi connectivity index (χ0v) is 11.0. The second-order valence-corrected chi connectivity index (χ2v) is 4.82. The van der Waals surface area contributed by atoms with Gasteiger partial charge in [0.25, 0.3) is 11.8 Å². The molecule has 0 aliphatic carbocycles. The summed E-state index contributed by atoms with van der Waals surface area (Å²) < 4.78 is 4.95. The molecule has 1 atom stereocenters. The van der Waals surface area contributed by atoms with E-state index in [2.05, 4.69) is 18.7 Å². The van der Waals surface area contributed by atoms with Gasteiger partial charge in [-0.2, -0.15) is 0 Å². The van der Waals surface area contributed by atoms with Crippen LogP contribution in [0.2, 0.25) is 0 Å². The average Bonchev–Trinajstić information content (AvgIpc) is 2.58. The maximum absolute atomic E-state index is 11.4. The van der Waals surface area contributed by atoms with Gasteiger partial charge in [-0.25, -0.2) is 4.79 Å². The highest BCUT2D eigenvalue weighted by atomic mass is 16.8. The first-order chi connectivity index (χ1) is 8.40. The number of carbonyl (C=O) groups excluding carboxylic acids is 3. The molecule has 6 heteroatoms. The molecule has 0 N–H and O–H groups in total. The number of ether oxygens (including phenoxy) is 1. The van der Waals surface area contributed by atoms with Gasteiger partial charge in [-0.1, -0.05) is 18.9 Å². The van der Waals surface area contributed by atoms with E-state index in [9.17, 15) is 14.4 Å². The molecular formula is C12H19NO5. The van der Waals surface area contributed by atoms with Crippen molar-refractivity contribution in [2.75, 3.05) is 0 Å². The summed E-state index contributed by atoms with van der Waals surface area (Å²) in [6.45, 7) is 5.90. The Morgan fingerprint density at radius 1 is 1.17 bits per heavy atom. The summed E-state index contributed by atoms with van der Waals surface area (Å²) in [6, 6.07) is 0. The quantitative estimate of drug-likeness (QED) is 0.556. The molecule has 18 heavy (non-hydrogen) atoms. The van der Waals surface area contributed by atoms with E-state index >= 15 is 0 Å². The minimum absolute atomic E-state index is 0.0784. The number of imide groups is 1. The van der Waals surface area contributed by atoms with Crippen molar-refractivity contribution in [2.24, 2.45) is 5.92 Å². The zero-order chi connectivity index (χ0) is 13.7. The third-order valence-corrected chi connectivity index (χ3v) is 2.62. The number of hydrogen-bond donors (Lipinski definition) is 0. The number of amides is 2. The van der Waals surface area contributed by atoms with Gasteiger partial charge >= 0.3 is 6.16 Å². The van der Waals surface area contributed by atoms with Gasteiger partial charge in [0.2, 0.25) is 0 Å². The second kappa shape index (κ2) is 6.37. The van der Waals surface area contributed by atoms with Gasteiger partial charge in [0.15, 0.2) is 0 Å². The lowest BCUT2D eigenvalue weighted by atomic mass is 10.1. The van der Waals surface area contributed by atoms with Crippen LogP contribution in [0, 0.1) is 5.92 Å². The van der Waals surface area contributed by atoms with E-state index in [-0.39, 0.29) is 18.9 Å². The molecule has 0 aromatic rings. The monoisotopic (exact) mass is 257 g/mol. The first-order valence-corrected chi connectivity index (χ1v) is 6.14. The minimum Gasteiger partial charge on any atom is -0.430 e. The topological polar surface area (TPSA) is 72.9 Å². The summed E-state index contributed by atoms with van der Waals surface area (Å²) in [4.78, 5) is 38.3. The Morgan fingerprint density at radius 3 is 2.22 bits per heavy atom. The van der Waals surface area contributed by atoms with Crippen molar-refractivity contribution in [1.82, 2.24) is 5.06 Å². The molecular weight excluding hydrogens is 238 g/mol. The Labute approximate surface area is 106 Å². The average molecular weight is 257 g/mol. The largest absolute Gasteiger partial charge is 0.534 e. The Hall–Kier alpha value is -1.59. The van der Waals surface area contributed by atoms with E-state index in [1.165, 1.54) is 0 Å². The lowest BCUT2D eigenvalue weighted by Gasteiger charge is -2.16. The van der Waals surface area contributed by atoms with Gasteiger partial charge in [-0.15, -0.1) is 0 Å². The molecule has 6 nitrogen and oxygen atoms in total. The number of rotatable bonds is 5. The van der Waals surface area contributed by atoms with Crippen LogP contribution in [-0.4, -0.2) is 29.1 Å². The maximum atomic E-state index is 11.4. The number of nitrogens with zero attached hydrogens (tertiary/aromatic N) is 1. The van der Waals surface area contributed by atoms with Crippen LogP contribution in [0.5, 0.6) is 0 Å². The van der Waals surface area contributed by atoms with Gasteiger partial charge in [-0.3, -0.25) is 14.4 Å². The molecule has 0 unspecified atom stereocenters. The summed E-state index contributed by atoms with van der Waals surface area (Å²) in [7, 11) is 0. The third-order valence-electron chi connectivity index (χ3n) is 2.62. The van der Waals surface area contributed by atoms with Crippen LogP contribution in [0.3, 0.4) is 0 Å². The van der Waals surface area contributed by atoms with Crippen molar-refractivity contribution < 1.29 is 24.0 Å². The van der Waals surface area contributed by atoms with Crippen molar-refractivity contribution in [1.29, 1.82) is 0 Å². The lowest BCUT2D eigenvalue weighted by molar-refractivity contribution is -0.178. The summed E-state index contributed by atoms with van der Waals surface area (Å²) in [5, 5.41) is 0.484. The molecule has 0 radical (unpaired) electrons. The van der Waals surface area contributed by atoms with Gasteiger partial charge in [0.1, 0.15) is 6.10 Å². The zero-order valence-electron chi connectivity index (χ0n) is 11.0. The molecule has 1 aliphatic rings. The Bertz CT molecular complexity index is 323. The molecule has 1 aliphatic heterocycles. The van der Waals surface area contributed by atoms with Gasteiger partial charge in [-0.05, 0) is 25.7 Å². The Balaban J connectivity index is 2.32. The highest BCUT2D eigenvalue weighted by Crippen LogP contribution is 2.14. The molecule has 1 rings (SSSR count). The molecule has 102 valence electrons. The van der Waals surface area contributed by atoms with Crippen LogP contribution < -0.4 is 0 Å². The van der Waals surface area contributed by atoms with E-state index in [4.69, 9.17) is 4.74 Å². The van der Waals surface area contributed by atoms with Gasteiger partial charge < -0.3 is 4.74 Å². The summed E-state index contributed by atoms with van der Waals surface area (Å²) in [6.07, 6.45) is 0.497. The molecule has 0 saturated carbocycles. The fourth-order valence-corrected chi connectivity index (χ4v) is 1.55. The molecule has 0 spiro atoms. The number of carbonyl (C=O) groups is 3. The summed E-state index contributed by atoms with van der Waals surface area (Å²) in [5.41, 5.74) is 0. The standard InChI is InChI=1S/C12H19NO5/c1-8(2)4-5-9(3)17-12(16)18-13-10(14)6-7-11(13)15/h8-9H,4-7H2,1-3H3/t9-/m1/s1. The van der Waals surface area contributed by atoms with E-state index in [0.29, 0.717) is 17.4 Å². The van der Waals surface area contributed by atoms with Crippen molar-refractivity contribution >= 4 is 18.0 Å². The number of hydrogen-bond acceptors (Lipinski definition) is 5. The van der Waals surface area contributed by atoms with Crippen molar-refractivity contribution in [3.05, 3.63) is 0 Å². The molecule has 0 aromatic heterocycles. The highest BCUT2D eigenvalue weighted by molar-refractivity contribution is 6.01. The molecule has 0 aromatic carbocycles. The Morgan fingerprint density at radius 2 is 1.72 bits per heavy atom. The van der Waals surface area contributed by atoms with Crippen LogP contribution in [0.4, 0.5) is 4.79 Å². The number of hydroxylamine groups is 2. The molecule has 1 fully saturated rings. The predicted molar refractivity (Wildman–Crippen MR) is 62.2 cm³/mol. The first kappa shape index (κ1) is 14.5. The molecule has 1 heterocycles. The van der Waals surface area contributed by atoms with Crippen molar-refractivity contribution in [2.45, 2.75) is 52.6 Å². The van der Waals surface area contributed by atoms with Crippen LogP contribution in [-0.2, 0) is 19.2 Å². The lowest BCUT2D eigenvalue weighted by Crippen LogP contribution is -2.33. The SMILES string of the molecule is CC(C)CC[C@@H](C)OC(=O)ON1C(=O)CCC1=O. The first-order valence-electron chi connectivity index (χ1n) is 6.14. The fraction of sp³-hybridized carbons (Fsp3) is 0.750. The van der Waals surface area contributed by atoms with Gasteiger partial charge in [0, 0.05) is 12.8 Å². The molecule has 2 amide bonds. The smallest absolute Gasteiger partial charge is 0.430 e. The van der Waals surface area contributed by atoms with Crippen LogP contribution in [0.15, 0.2) is 0 Å². The fourth-order valence-electron chi connectivity index (χ4n) is 1.55. The minimum atomic E-state index is -1.00.